The number of rotatable bonds is 6. The Morgan fingerprint density at radius 1 is 1.09 bits per heavy atom. The molecule has 6 nitrogen and oxygen atoms in total. The summed E-state index contributed by atoms with van der Waals surface area (Å²) in [6.07, 6.45) is -2.75. The van der Waals surface area contributed by atoms with Crippen LogP contribution in [0.5, 0.6) is 5.75 Å². The van der Waals surface area contributed by atoms with Gasteiger partial charge in [-0.2, -0.15) is 13.2 Å². The van der Waals surface area contributed by atoms with E-state index in [0.717, 1.165) is 24.5 Å². The Morgan fingerprint density at radius 2 is 1.77 bits per heavy atom. The molecule has 0 spiro atoms. The minimum absolute atomic E-state index is 0.164. The van der Waals surface area contributed by atoms with Gasteiger partial charge in [0.1, 0.15) is 5.75 Å². The molecule has 0 bridgehead atoms. The van der Waals surface area contributed by atoms with Gasteiger partial charge >= 0.3 is 6.18 Å². The van der Waals surface area contributed by atoms with E-state index < -0.39 is 39.7 Å². The number of aryl methyl sites for hydroxylation is 1. The van der Waals surface area contributed by atoms with Gasteiger partial charge in [-0.3, -0.25) is 4.39 Å². The van der Waals surface area contributed by atoms with E-state index in [1.54, 1.807) is 6.92 Å². The molecule has 1 aromatic heterocycles. The highest BCUT2D eigenvalue weighted by molar-refractivity contribution is 7.92. The van der Waals surface area contributed by atoms with Crippen molar-refractivity contribution in [2.24, 2.45) is 0 Å². The molecule has 186 valence electrons. The third-order valence-corrected chi connectivity index (χ3v) is 7.28. The van der Waals surface area contributed by atoms with E-state index in [9.17, 15) is 30.4 Å². The molecule has 12 heteroatoms. The van der Waals surface area contributed by atoms with Crippen molar-refractivity contribution in [2.75, 3.05) is 18.0 Å². The minimum atomic E-state index is -4.57. The van der Waals surface area contributed by atoms with Gasteiger partial charge in [-0.05, 0) is 35.7 Å². The number of nitrogens with zero attached hydrogens (tertiary/aromatic N) is 2. The molecule has 0 amide bonds. The van der Waals surface area contributed by atoms with Crippen molar-refractivity contribution < 1.29 is 35.1 Å². The lowest BCUT2D eigenvalue weighted by molar-refractivity contribution is -0.137. The van der Waals surface area contributed by atoms with Crippen LogP contribution in [0, 0.1) is 5.82 Å². The maximum atomic E-state index is 13.2. The van der Waals surface area contributed by atoms with Crippen LogP contribution in [0.1, 0.15) is 35.6 Å². The molecule has 1 atom stereocenters. The van der Waals surface area contributed by atoms with Crippen LogP contribution >= 0.6 is 0 Å². The first-order valence-electron chi connectivity index (χ1n) is 10.5. The molecule has 35 heavy (non-hydrogen) atoms. The number of alkyl halides is 4. The number of sulfonamides is 1. The van der Waals surface area contributed by atoms with Crippen LogP contribution in [-0.2, 0) is 28.0 Å². The van der Waals surface area contributed by atoms with E-state index in [4.69, 9.17) is 4.74 Å². The summed E-state index contributed by atoms with van der Waals surface area (Å²) >= 11 is 0. The summed E-state index contributed by atoms with van der Waals surface area (Å²) in [4.78, 5) is 6.97. The molecule has 3 aromatic rings. The zero-order chi connectivity index (χ0) is 25.4. The summed E-state index contributed by atoms with van der Waals surface area (Å²) in [5.41, 5.74) is -0.416. The summed E-state index contributed by atoms with van der Waals surface area (Å²) < 4.78 is 99.4. The molecule has 0 saturated carbocycles. The van der Waals surface area contributed by atoms with Gasteiger partial charge < -0.3 is 4.74 Å². The number of anilines is 1. The fourth-order valence-corrected chi connectivity index (χ4v) is 5.16. The topological polar surface area (TPSA) is 81.2 Å². The normalized spacial score (nSPS) is 18.0. The van der Waals surface area contributed by atoms with Crippen LogP contribution in [0.4, 0.5) is 27.9 Å². The Morgan fingerprint density at radius 3 is 2.43 bits per heavy atom. The minimum Gasteiger partial charge on any atom is -0.493 e. The molecule has 1 N–H and O–H groups in total. The fraction of sp³-hybridized carbons (Fsp3) is 0.304. The maximum absolute atomic E-state index is 13.2. The smallest absolute Gasteiger partial charge is 0.416 e. The van der Waals surface area contributed by atoms with Gasteiger partial charge in [-0.25, -0.2) is 27.5 Å². The van der Waals surface area contributed by atoms with Crippen molar-refractivity contribution in [3.63, 3.8) is 0 Å². The van der Waals surface area contributed by atoms with Gasteiger partial charge in [-0.15, -0.1) is 0 Å². The molecule has 4 rings (SSSR count). The van der Waals surface area contributed by atoms with Crippen LogP contribution in [0.3, 0.4) is 0 Å². The van der Waals surface area contributed by atoms with Crippen molar-refractivity contribution in [1.82, 2.24) is 9.97 Å². The Bertz CT molecular complexity index is 1350. The maximum Gasteiger partial charge on any atom is 0.416 e. The number of ether oxygens (including phenoxy) is 1. The summed E-state index contributed by atoms with van der Waals surface area (Å²) in [6, 6.07) is 7.39. The molecule has 0 saturated heterocycles. The van der Waals surface area contributed by atoms with Crippen LogP contribution in [0.25, 0.3) is 0 Å². The third-order valence-electron chi connectivity index (χ3n) is 5.95. The van der Waals surface area contributed by atoms with E-state index in [-0.39, 0.29) is 35.2 Å². The molecule has 2 aromatic carbocycles. The molecule has 0 aliphatic carbocycles. The quantitative estimate of drug-likeness (QED) is 0.468. The standard InChI is InChI=1S/C23H20F5N3O3S/c1-22(18-4-2-15(23(26,27)28)10-14(18)6-8-24)7-9-34-20-11-17(3-5-19(20)22)35(32,33)31-21-29-12-16(25)13-30-21/h2-5,10-13H,6-9H2,1H3,(H,29,30,31)/t22-/m0/s1. The summed E-state index contributed by atoms with van der Waals surface area (Å²) in [6.45, 7) is 1.14. The largest absolute Gasteiger partial charge is 0.493 e. The van der Waals surface area contributed by atoms with Crippen molar-refractivity contribution in [2.45, 2.75) is 36.3 Å². The lowest BCUT2D eigenvalue weighted by Crippen LogP contribution is -2.32. The van der Waals surface area contributed by atoms with E-state index in [1.807, 2.05) is 0 Å². The number of nitrogens with one attached hydrogen (secondary N) is 1. The second-order valence-corrected chi connectivity index (χ2v) is 9.91. The van der Waals surface area contributed by atoms with Crippen LogP contribution in [-0.4, -0.2) is 31.7 Å². The number of aromatic nitrogens is 2. The first-order valence-corrected chi connectivity index (χ1v) is 12.0. The molecule has 2 heterocycles. The van der Waals surface area contributed by atoms with Crippen LogP contribution in [0.2, 0.25) is 0 Å². The molecule has 0 fully saturated rings. The zero-order valence-corrected chi connectivity index (χ0v) is 19.2. The second kappa shape index (κ2) is 9.06. The lowest BCUT2D eigenvalue weighted by Gasteiger charge is -2.38. The molecule has 1 aliphatic rings. The Hall–Kier alpha value is -3.28. The van der Waals surface area contributed by atoms with Crippen molar-refractivity contribution in [1.29, 1.82) is 0 Å². The first kappa shape index (κ1) is 24.8. The number of hydrogen-bond donors (Lipinski definition) is 1. The van der Waals surface area contributed by atoms with E-state index in [0.29, 0.717) is 17.5 Å². The van der Waals surface area contributed by atoms with Gasteiger partial charge in [-0.1, -0.05) is 19.1 Å². The van der Waals surface area contributed by atoms with Crippen molar-refractivity contribution in [3.05, 3.63) is 76.9 Å². The SMILES string of the molecule is C[C@@]1(c2ccc(C(F)(F)F)cc2CCF)CCOc2cc(S(=O)(=O)Nc3ncc(F)cn3)ccc21. The first-order chi connectivity index (χ1) is 16.4. The highest BCUT2D eigenvalue weighted by atomic mass is 32.2. The van der Waals surface area contributed by atoms with Gasteiger partial charge in [0.25, 0.3) is 10.0 Å². The summed E-state index contributed by atoms with van der Waals surface area (Å²) in [5.74, 6) is -0.826. The van der Waals surface area contributed by atoms with Crippen molar-refractivity contribution >= 4 is 16.0 Å². The Balaban J connectivity index is 1.74. The monoisotopic (exact) mass is 513 g/mol. The van der Waals surface area contributed by atoms with Crippen LogP contribution in [0.15, 0.2) is 53.7 Å². The highest BCUT2D eigenvalue weighted by Crippen LogP contribution is 2.46. The lowest BCUT2D eigenvalue weighted by atomic mass is 9.70. The molecule has 1 aliphatic heterocycles. The number of fused-ring (bicyclic) bond motifs is 1. The van der Waals surface area contributed by atoms with Gasteiger partial charge in [0.2, 0.25) is 5.95 Å². The van der Waals surface area contributed by atoms with E-state index in [1.165, 1.54) is 24.3 Å². The number of hydrogen-bond acceptors (Lipinski definition) is 5. The van der Waals surface area contributed by atoms with Crippen LogP contribution < -0.4 is 9.46 Å². The zero-order valence-electron chi connectivity index (χ0n) is 18.4. The number of benzene rings is 2. The van der Waals surface area contributed by atoms with Gasteiger partial charge in [0.05, 0.1) is 36.1 Å². The summed E-state index contributed by atoms with van der Waals surface area (Å²) in [5, 5.41) is 0. The van der Waals surface area contributed by atoms with Gasteiger partial charge in [0.15, 0.2) is 5.82 Å². The molecular weight excluding hydrogens is 493 g/mol. The summed E-state index contributed by atoms with van der Waals surface area (Å²) in [7, 11) is -4.15. The molecule has 0 radical (unpaired) electrons. The average molecular weight is 513 g/mol. The average Bonchev–Trinajstić information content (AvgIpc) is 2.80. The third kappa shape index (κ3) is 4.93. The molecular formula is C23H20F5N3O3S. The molecule has 0 unspecified atom stereocenters. The van der Waals surface area contributed by atoms with E-state index >= 15 is 0 Å². The Labute approximate surface area is 198 Å². The predicted molar refractivity (Wildman–Crippen MR) is 117 cm³/mol. The Kier molecular flexibility index (Phi) is 6.43. The predicted octanol–water partition coefficient (Wildman–Crippen LogP) is 5.04. The second-order valence-electron chi connectivity index (χ2n) is 8.23. The fourth-order valence-electron chi connectivity index (χ4n) is 4.19. The number of halogens is 5. The highest BCUT2D eigenvalue weighted by Gasteiger charge is 2.39. The van der Waals surface area contributed by atoms with E-state index in [2.05, 4.69) is 14.7 Å². The van der Waals surface area contributed by atoms with Crippen molar-refractivity contribution in [3.8, 4) is 5.75 Å². The van der Waals surface area contributed by atoms with Gasteiger partial charge in [0, 0.05) is 23.5 Å².